The van der Waals surface area contributed by atoms with Crippen molar-refractivity contribution in [3.05, 3.63) is 17.8 Å². The second kappa shape index (κ2) is 6.04. The number of aromatic nitrogens is 1. The molecule has 2 rings (SSSR count). The van der Waals surface area contributed by atoms with Crippen molar-refractivity contribution in [2.75, 3.05) is 31.1 Å². The molecule has 1 aromatic rings. The molecule has 0 saturated carbocycles. The number of carbonyl (C=O) groups excluding carboxylic acids is 1. The zero-order chi connectivity index (χ0) is 14.8. The van der Waals surface area contributed by atoms with E-state index in [1.54, 1.807) is 0 Å². The number of thioether (sulfide) groups is 1. The second-order valence-corrected chi connectivity index (χ2v) is 7.96. The number of hydrogen-bond acceptors (Lipinski definition) is 4. The highest BCUT2D eigenvalue weighted by molar-refractivity contribution is 8.00. The van der Waals surface area contributed by atoms with E-state index in [9.17, 15) is 4.79 Å². The van der Waals surface area contributed by atoms with Crippen molar-refractivity contribution in [1.29, 1.82) is 0 Å². The van der Waals surface area contributed by atoms with Gasteiger partial charge in [-0.05, 0) is 19.1 Å². The molecule has 0 radical (unpaired) electrons. The van der Waals surface area contributed by atoms with Crippen LogP contribution in [0.2, 0.25) is 0 Å². The van der Waals surface area contributed by atoms with Gasteiger partial charge in [0.05, 0.1) is 5.69 Å². The number of pyridine rings is 1. The molecule has 0 aliphatic carbocycles. The van der Waals surface area contributed by atoms with Gasteiger partial charge in [0.2, 0.25) is 6.41 Å². The fourth-order valence-electron chi connectivity index (χ4n) is 2.21. The molecule has 0 spiro atoms. The first kappa shape index (κ1) is 15.2. The number of hydrogen-bond donors (Lipinski definition) is 0. The van der Waals surface area contributed by atoms with Gasteiger partial charge in [0.15, 0.2) is 0 Å². The number of amides is 1. The van der Waals surface area contributed by atoms with E-state index >= 15 is 0 Å². The van der Waals surface area contributed by atoms with Gasteiger partial charge < -0.3 is 9.80 Å². The van der Waals surface area contributed by atoms with E-state index in [0.29, 0.717) is 0 Å². The largest absolute Gasteiger partial charge is 0.353 e. The van der Waals surface area contributed by atoms with Crippen molar-refractivity contribution in [3.63, 3.8) is 0 Å². The monoisotopic (exact) mass is 293 g/mol. The van der Waals surface area contributed by atoms with Crippen LogP contribution in [0.3, 0.4) is 0 Å². The maximum Gasteiger partial charge on any atom is 0.209 e. The Balaban J connectivity index is 2.07. The number of carbonyl (C=O) groups is 1. The number of rotatable bonds is 3. The maximum atomic E-state index is 10.7. The quantitative estimate of drug-likeness (QED) is 0.634. The van der Waals surface area contributed by atoms with Crippen molar-refractivity contribution in [2.24, 2.45) is 0 Å². The molecule has 2 heterocycles. The summed E-state index contributed by atoms with van der Waals surface area (Å²) in [4.78, 5) is 20.8. The Hall–Kier alpha value is -1.23. The van der Waals surface area contributed by atoms with Gasteiger partial charge in [-0.2, -0.15) is 0 Å². The fraction of sp³-hybridized carbons (Fsp3) is 0.600. The number of anilines is 1. The lowest BCUT2D eigenvalue weighted by Gasteiger charge is -2.33. The van der Waals surface area contributed by atoms with E-state index in [4.69, 9.17) is 4.98 Å². The normalized spacial score (nSPS) is 16.4. The molecule has 1 aliphatic heterocycles. The summed E-state index contributed by atoms with van der Waals surface area (Å²) >= 11 is 1.85. The lowest BCUT2D eigenvalue weighted by atomic mass is 10.3. The first-order valence-corrected chi connectivity index (χ1v) is 7.82. The number of piperazine rings is 1. The molecule has 110 valence electrons. The summed E-state index contributed by atoms with van der Waals surface area (Å²) in [6, 6.07) is 4.26. The zero-order valence-electron chi connectivity index (χ0n) is 12.7. The van der Waals surface area contributed by atoms with Crippen LogP contribution < -0.4 is 4.90 Å². The van der Waals surface area contributed by atoms with Crippen LogP contribution in [-0.2, 0) is 4.79 Å². The van der Waals surface area contributed by atoms with Gasteiger partial charge in [-0.25, -0.2) is 4.98 Å². The molecule has 5 heteroatoms. The van der Waals surface area contributed by atoms with Crippen molar-refractivity contribution in [3.8, 4) is 0 Å². The van der Waals surface area contributed by atoms with Gasteiger partial charge >= 0.3 is 0 Å². The Morgan fingerprint density at radius 3 is 2.35 bits per heavy atom. The third-order valence-corrected chi connectivity index (χ3v) is 4.49. The minimum absolute atomic E-state index is 0.198. The van der Waals surface area contributed by atoms with E-state index in [1.165, 1.54) is 4.90 Å². The predicted molar refractivity (Wildman–Crippen MR) is 84.4 cm³/mol. The molecule has 0 N–H and O–H groups in total. The summed E-state index contributed by atoms with van der Waals surface area (Å²) in [5.74, 6) is 1.02. The molecule has 20 heavy (non-hydrogen) atoms. The first-order chi connectivity index (χ1) is 9.39. The molecule has 0 bridgehead atoms. The Kier molecular flexibility index (Phi) is 4.58. The summed E-state index contributed by atoms with van der Waals surface area (Å²) in [6.07, 6.45) is 0.930. The van der Waals surface area contributed by atoms with Crippen LogP contribution in [0.25, 0.3) is 0 Å². The zero-order valence-corrected chi connectivity index (χ0v) is 13.5. The molecule has 1 amide bonds. The minimum Gasteiger partial charge on any atom is -0.353 e. The van der Waals surface area contributed by atoms with Crippen molar-refractivity contribution >= 4 is 24.0 Å². The highest BCUT2D eigenvalue weighted by Gasteiger charge is 2.19. The first-order valence-electron chi connectivity index (χ1n) is 7.00. The lowest BCUT2D eigenvalue weighted by Crippen LogP contribution is -2.46. The second-order valence-electron chi connectivity index (χ2n) is 6.10. The van der Waals surface area contributed by atoms with E-state index in [0.717, 1.165) is 44.1 Å². The average molecular weight is 293 g/mol. The van der Waals surface area contributed by atoms with Crippen molar-refractivity contribution in [1.82, 2.24) is 9.88 Å². The summed E-state index contributed by atoms with van der Waals surface area (Å²) < 4.78 is 0.198. The smallest absolute Gasteiger partial charge is 0.209 e. The standard InChI is InChI=1S/C15H23N3OS/c1-12-13(20-15(2,3)4)5-6-14(16-12)18-9-7-17(11-19)8-10-18/h5-6,11H,7-10H2,1-4H3. The van der Waals surface area contributed by atoms with Gasteiger partial charge in [-0.1, -0.05) is 20.8 Å². The summed E-state index contributed by atoms with van der Waals surface area (Å²) in [5.41, 5.74) is 1.08. The van der Waals surface area contributed by atoms with Crippen molar-refractivity contribution in [2.45, 2.75) is 37.3 Å². The fourth-order valence-corrected chi connectivity index (χ4v) is 3.19. The van der Waals surface area contributed by atoms with Crippen LogP contribution in [0.4, 0.5) is 5.82 Å². The highest BCUT2D eigenvalue weighted by Crippen LogP contribution is 2.34. The number of nitrogens with zero attached hydrogens (tertiary/aromatic N) is 3. The third kappa shape index (κ3) is 3.88. The van der Waals surface area contributed by atoms with E-state index < -0.39 is 0 Å². The molecule has 0 atom stereocenters. The average Bonchev–Trinajstić information content (AvgIpc) is 2.40. The number of aryl methyl sites for hydroxylation is 1. The SMILES string of the molecule is Cc1nc(N2CCN(C=O)CC2)ccc1SC(C)(C)C. The minimum atomic E-state index is 0.198. The van der Waals surface area contributed by atoms with Gasteiger partial charge in [0, 0.05) is 35.8 Å². The van der Waals surface area contributed by atoms with Gasteiger partial charge in [-0.3, -0.25) is 4.79 Å². The molecule has 1 aliphatic rings. The van der Waals surface area contributed by atoms with Crippen molar-refractivity contribution < 1.29 is 4.79 Å². The van der Waals surface area contributed by atoms with E-state index in [1.807, 2.05) is 16.7 Å². The van der Waals surface area contributed by atoms with Crippen LogP contribution in [-0.4, -0.2) is 47.2 Å². The molecular formula is C15H23N3OS. The lowest BCUT2D eigenvalue weighted by molar-refractivity contribution is -0.118. The van der Waals surface area contributed by atoms with Gasteiger partial charge in [0.25, 0.3) is 0 Å². The Bertz CT molecular complexity index is 476. The highest BCUT2D eigenvalue weighted by atomic mass is 32.2. The van der Waals surface area contributed by atoms with Gasteiger partial charge in [-0.15, -0.1) is 11.8 Å². The van der Waals surface area contributed by atoms with Crippen LogP contribution in [0.15, 0.2) is 17.0 Å². The Labute approximate surface area is 125 Å². The van der Waals surface area contributed by atoms with Crippen LogP contribution >= 0.6 is 11.8 Å². The van der Waals surface area contributed by atoms with Gasteiger partial charge in [0.1, 0.15) is 5.82 Å². The third-order valence-electron chi connectivity index (χ3n) is 3.23. The Morgan fingerprint density at radius 1 is 1.20 bits per heavy atom. The molecule has 0 unspecified atom stereocenters. The summed E-state index contributed by atoms with van der Waals surface area (Å²) in [7, 11) is 0. The maximum absolute atomic E-state index is 10.7. The molecule has 0 aromatic carbocycles. The molecule has 4 nitrogen and oxygen atoms in total. The van der Waals surface area contributed by atoms with E-state index in [-0.39, 0.29) is 4.75 Å². The predicted octanol–water partition coefficient (Wildman–Crippen LogP) is 2.56. The molecule has 1 aromatic heterocycles. The van der Waals surface area contributed by atoms with E-state index in [2.05, 4.69) is 44.7 Å². The summed E-state index contributed by atoms with van der Waals surface area (Å²) in [5, 5.41) is 0. The molecular weight excluding hydrogens is 270 g/mol. The topological polar surface area (TPSA) is 36.4 Å². The Morgan fingerprint density at radius 2 is 1.85 bits per heavy atom. The van der Waals surface area contributed by atoms with Crippen LogP contribution in [0.1, 0.15) is 26.5 Å². The molecule has 1 saturated heterocycles. The summed E-state index contributed by atoms with van der Waals surface area (Å²) in [6.45, 7) is 12.0. The molecule has 1 fully saturated rings. The van der Waals surface area contributed by atoms with Crippen LogP contribution in [0, 0.1) is 6.92 Å². The van der Waals surface area contributed by atoms with Crippen LogP contribution in [0.5, 0.6) is 0 Å².